The molecule has 110 valence electrons. The first-order valence-electron chi connectivity index (χ1n) is 6.07. The second-order valence-electron chi connectivity index (χ2n) is 4.27. The molecule has 21 heavy (non-hydrogen) atoms. The molecule has 1 N–H and O–H groups in total. The molecule has 0 radical (unpaired) electrons. The molecule has 0 aliphatic heterocycles. The number of rotatable bonds is 5. The first kappa shape index (κ1) is 15.0. The van der Waals surface area contributed by atoms with E-state index in [-0.39, 0.29) is 11.7 Å². The SMILES string of the molecule is COc1ccc([N+](=O)[O-])cc1C(C)Nc1ncc(Cl)cn1. The van der Waals surface area contributed by atoms with Crippen LogP contribution in [-0.4, -0.2) is 22.0 Å². The van der Waals surface area contributed by atoms with Gasteiger partial charge in [-0.25, -0.2) is 9.97 Å². The minimum atomic E-state index is -0.450. The Kier molecular flexibility index (Phi) is 4.54. The number of nitrogens with one attached hydrogen (secondary N) is 1. The third-order valence-electron chi connectivity index (χ3n) is 2.86. The van der Waals surface area contributed by atoms with E-state index in [1.54, 1.807) is 6.07 Å². The molecular formula is C13H13ClN4O3. The Balaban J connectivity index is 2.28. The van der Waals surface area contributed by atoms with Gasteiger partial charge in [-0.1, -0.05) is 11.6 Å². The molecule has 2 aromatic rings. The standard InChI is InChI=1S/C13H13ClN4O3/c1-8(17-13-15-6-9(14)7-16-13)11-5-10(18(19)20)3-4-12(11)21-2/h3-8H,1-2H3,(H,15,16,17). The number of hydrogen-bond donors (Lipinski definition) is 1. The van der Waals surface area contributed by atoms with Crippen molar-refractivity contribution in [3.8, 4) is 5.75 Å². The van der Waals surface area contributed by atoms with Crippen molar-refractivity contribution >= 4 is 23.2 Å². The molecule has 1 heterocycles. The van der Waals surface area contributed by atoms with Crippen LogP contribution in [0, 0.1) is 10.1 Å². The molecule has 0 amide bonds. The number of nitro groups is 1. The Hall–Kier alpha value is -2.41. The van der Waals surface area contributed by atoms with E-state index in [4.69, 9.17) is 16.3 Å². The third-order valence-corrected chi connectivity index (χ3v) is 3.05. The van der Waals surface area contributed by atoms with Gasteiger partial charge in [0.1, 0.15) is 5.75 Å². The summed E-state index contributed by atoms with van der Waals surface area (Å²) in [6.07, 6.45) is 2.93. The Morgan fingerprint density at radius 1 is 1.38 bits per heavy atom. The van der Waals surface area contributed by atoms with Gasteiger partial charge in [0.05, 0.1) is 35.5 Å². The molecule has 0 aliphatic rings. The lowest BCUT2D eigenvalue weighted by molar-refractivity contribution is -0.384. The van der Waals surface area contributed by atoms with E-state index in [2.05, 4.69) is 15.3 Å². The molecule has 2 rings (SSSR count). The van der Waals surface area contributed by atoms with Gasteiger partial charge in [-0.2, -0.15) is 0 Å². The Morgan fingerprint density at radius 3 is 2.62 bits per heavy atom. The molecule has 7 nitrogen and oxygen atoms in total. The predicted octanol–water partition coefficient (Wildman–Crippen LogP) is 3.22. The van der Waals surface area contributed by atoms with Crippen LogP contribution in [0.1, 0.15) is 18.5 Å². The fourth-order valence-electron chi connectivity index (χ4n) is 1.83. The summed E-state index contributed by atoms with van der Waals surface area (Å²) in [6.45, 7) is 1.83. The van der Waals surface area contributed by atoms with Gasteiger partial charge in [0, 0.05) is 17.7 Å². The van der Waals surface area contributed by atoms with E-state index in [9.17, 15) is 10.1 Å². The summed E-state index contributed by atoms with van der Waals surface area (Å²) in [5.74, 6) is 0.926. The second-order valence-corrected chi connectivity index (χ2v) is 4.71. The van der Waals surface area contributed by atoms with Crippen molar-refractivity contribution in [3.63, 3.8) is 0 Å². The van der Waals surface area contributed by atoms with Crippen LogP contribution in [0.4, 0.5) is 11.6 Å². The number of halogens is 1. The molecule has 0 aliphatic carbocycles. The normalized spacial score (nSPS) is 11.8. The fraction of sp³-hybridized carbons (Fsp3) is 0.231. The predicted molar refractivity (Wildman–Crippen MR) is 78.7 cm³/mol. The van der Waals surface area contributed by atoms with Crippen molar-refractivity contribution < 1.29 is 9.66 Å². The topological polar surface area (TPSA) is 90.2 Å². The van der Waals surface area contributed by atoms with Crippen LogP contribution in [0.3, 0.4) is 0 Å². The first-order chi connectivity index (χ1) is 10.0. The average Bonchev–Trinajstić information content (AvgIpc) is 2.48. The van der Waals surface area contributed by atoms with E-state index < -0.39 is 4.92 Å². The number of benzene rings is 1. The molecular weight excluding hydrogens is 296 g/mol. The molecule has 0 bridgehead atoms. The third kappa shape index (κ3) is 3.57. The van der Waals surface area contributed by atoms with E-state index in [0.717, 1.165) is 0 Å². The van der Waals surface area contributed by atoms with E-state index in [1.807, 2.05) is 6.92 Å². The molecule has 0 spiro atoms. The zero-order valence-electron chi connectivity index (χ0n) is 11.4. The van der Waals surface area contributed by atoms with Crippen LogP contribution in [0.2, 0.25) is 5.02 Å². The summed E-state index contributed by atoms with van der Waals surface area (Å²) in [5.41, 5.74) is 0.640. The van der Waals surface area contributed by atoms with Gasteiger partial charge in [0.15, 0.2) is 0 Å². The number of ether oxygens (including phenoxy) is 1. The van der Waals surface area contributed by atoms with E-state index >= 15 is 0 Å². The summed E-state index contributed by atoms with van der Waals surface area (Å²) in [6, 6.07) is 4.15. The summed E-state index contributed by atoms with van der Waals surface area (Å²) in [4.78, 5) is 18.5. The number of aromatic nitrogens is 2. The highest BCUT2D eigenvalue weighted by Gasteiger charge is 2.17. The van der Waals surface area contributed by atoms with E-state index in [0.29, 0.717) is 22.3 Å². The number of hydrogen-bond acceptors (Lipinski definition) is 6. The lowest BCUT2D eigenvalue weighted by Crippen LogP contribution is -2.10. The van der Waals surface area contributed by atoms with Gasteiger partial charge in [0.25, 0.3) is 5.69 Å². The number of nitrogens with zero attached hydrogens (tertiary/aromatic N) is 3. The molecule has 0 fully saturated rings. The maximum absolute atomic E-state index is 10.9. The van der Waals surface area contributed by atoms with Crippen LogP contribution in [0.25, 0.3) is 0 Å². The van der Waals surface area contributed by atoms with Crippen molar-refractivity contribution in [2.45, 2.75) is 13.0 Å². The number of anilines is 1. The van der Waals surface area contributed by atoms with Crippen LogP contribution >= 0.6 is 11.6 Å². The maximum Gasteiger partial charge on any atom is 0.270 e. The molecule has 0 saturated carbocycles. The van der Waals surface area contributed by atoms with Crippen LogP contribution < -0.4 is 10.1 Å². The number of methoxy groups -OCH3 is 1. The smallest absolute Gasteiger partial charge is 0.270 e. The second kappa shape index (κ2) is 6.36. The minimum absolute atomic E-state index is 0.00326. The van der Waals surface area contributed by atoms with Gasteiger partial charge in [-0.05, 0) is 13.0 Å². The summed E-state index contributed by atoms with van der Waals surface area (Å²) < 4.78 is 5.23. The molecule has 8 heteroatoms. The van der Waals surface area contributed by atoms with Crippen LogP contribution in [0.15, 0.2) is 30.6 Å². The average molecular weight is 309 g/mol. The van der Waals surface area contributed by atoms with Gasteiger partial charge in [-0.15, -0.1) is 0 Å². The van der Waals surface area contributed by atoms with Crippen molar-refractivity contribution in [2.75, 3.05) is 12.4 Å². The molecule has 0 saturated heterocycles. The number of nitro benzene ring substituents is 1. The van der Waals surface area contributed by atoms with Crippen molar-refractivity contribution in [1.29, 1.82) is 0 Å². The van der Waals surface area contributed by atoms with Gasteiger partial charge >= 0.3 is 0 Å². The summed E-state index contributed by atoms with van der Waals surface area (Å²) in [5, 5.41) is 14.4. The Bertz CT molecular complexity index is 648. The van der Waals surface area contributed by atoms with Crippen LogP contribution in [0.5, 0.6) is 5.75 Å². The fourth-order valence-corrected chi connectivity index (χ4v) is 1.93. The highest BCUT2D eigenvalue weighted by Crippen LogP contribution is 2.30. The van der Waals surface area contributed by atoms with Crippen LogP contribution in [-0.2, 0) is 0 Å². The van der Waals surface area contributed by atoms with Gasteiger partial charge in [-0.3, -0.25) is 10.1 Å². The van der Waals surface area contributed by atoms with Crippen molar-refractivity contribution in [3.05, 3.63) is 51.3 Å². The van der Waals surface area contributed by atoms with Crippen molar-refractivity contribution in [1.82, 2.24) is 9.97 Å². The maximum atomic E-state index is 10.9. The first-order valence-corrected chi connectivity index (χ1v) is 6.45. The lowest BCUT2D eigenvalue weighted by Gasteiger charge is -2.17. The molecule has 1 aromatic carbocycles. The summed E-state index contributed by atoms with van der Waals surface area (Å²) in [7, 11) is 1.51. The van der Waals surface area contributed by atoms with Gasteiger partial charge in [0.2, 0.25) is 5.95 Å². The summed E-state index contributed by atoms with van der Waals surface area (Å²) >= 11 is 5.72. The quantitative estimate of drug-likeness (QED) is 0.673. The minimum Gasteiger partial charge on any atom is -0.496 e. The largest absolute Gasteiger partial charge is 0.496 e. The van der Waals surface area contributed by atoms with E-state index in [1.165, 1.54) is 31.6 Å². The Labute approximate surface area is 126 Å². The Morgan fingerprint density at radius 2 is 2.05 bits per heavy atom. The highest BCUT2D eigenvalue weighted by atomic mass is 35.5. The zero-order chi connectivity index (χ0) is 15.4. The van der Waals surface area contributed by atoms with Gasteiger partial charge < -0.3 is 10.1 Å². The monoisotopic (exact) mass is 308 g/mol. The highest BCUT2D eigenvalue weighted by molar-refractivity contribution is 6.30. The zero-order valence-corrected chi connectivity index (χ0v) is 12.2. The molecule has 1 aromatic heterocycles. The molecule has 1 atom stereocenters. The van der Waals surface area contributed by atoms with Crippen molar-refractivity contribution in [2.24, 2.45) is 0 Å². The lowest BCUT2D eigenvalue weighted by atomic mass is 10.1. The molecule has 1 unspecified atom stereocenters. The number of non-ortho nitro benzene ring substituents is 1.